The molecule has 4 N–H and O–H groups in total. The Kier molecular flexibility index (Phi) is 4.49. The molecule has 0 atom stereocenters. The average Bonchev–Trinajstić information content (AvgIpc) is 3.26. The molecule has 0 saturated carbocycles. The Bertz CT molecular complexity index is 1330. The summed E-state index contributed by atoms with van der Waals surface area (Å²) in [5, 5.41) is 12.2. The van der Waals surface area contributed by atoms with E-state index in [9.17, 15) is 0 Å². The first-order valence-electron chi connectivity index (χ1n) is 9.42. The number of para-hydroxylation sites is 3. The first-order valence-corrected chi connectivity index (χ1v) is 9.42. The van der Waals surface area contributed by atoms with Gasteiger partial charge in [0.15, 0.2) is 5.82 Å². The van der Waals surface area contributed by atoms with Crippen LogP contribution in [0.5, 0.6) is 5.75 Å². The zero-order valence-electron chi connectivity index (χ0n) is 16.2. The number of rotatable bonds is 6. The summed E-state index contributed by atoms with van der Waals surface area (Å²) in [7, 11) is 1.63. The molecular weight excluding hydrogens is 378 g/mol. The van der Waals surface area contributed by atoms with Crippen LogP contribution in [0.4, 0.5) is 23.1 Å². The minimum absolute atomic E-state index is 0.466. The number of hydrogen-bond donors (Lipinski definition) is 4. The Morgan fingerprint density at radius 1 is 0.900 bits per heavy atom. The van der Waals surface area contributed by atoms with Gasteiger partial charge in [-0.2, -0.15) is 10.1 Å². The predicted molar refractivity (Wildman–Crippen MR) is 119 cm³/mol. The second-order valence-electron chi connectivity index (χ2n) is 6.66. The van der Waals surface area contributed by atoms with Crippen molar-refractivity contribution in [1.29, 1.82) is 0 Å². The number of hydrogen-bond acceptors (Lipinski definition) is 7. The largest absolute Gasteiger partial charge is 0.495 e. The van der Waals surface area contributed by atoms with Crippen LogP contribution in [-0.4, -0.2) is 27.3 Å². The third-order valence-electron chi connectivity index (χ3n) is 4.72. The highest BCUT2D eigenvalue weighted by atomic mass is 16.5. The number of aromatic nitrogens is 4. The van der Waals surface area contributed by atoms with E-state index in [1.165, 1.54) is 0 Å². The predicted octanol–water partition coefficient (Wildman–Crippen LogP) is 4.70. The topological polar surface area (TPSA) is 99.8 Å². The van der Waals surface area contributed by atoms with E-state index in [0.717, 1.165) is 38.9 Å². The molecule has 8 heteroatoms. The summed E-state index contributed by atoms with van der Waals surface area (Å²) < 4.78 is 5.42. The number of H-pyrrole nitrogens is 1. The number of benzene rings is 3. The van der Waals surface area contributed by atoms with E-state index < -0.39 is 0 Å². The maximum Gasteiger partial charge on any atom is 0.229 e. The molecular formula is C22H19N7O. The summed E-state index contributed by atoms with van der Waals surface area (Å²) >= 11 is 0. The maximum atomic E-state index is 5.42. The Labute approximate surface area is 172 Å². The van der Waals surface area contributed by atoms with Gasteiger partial charge in [-0.3, -0.25) is 16.0 Å². The van der Waals surface area contributed by atoms with Gasteiger partial charge in [-0.05, 0) is 42.5 Å². The SMILES string of the molecule is COc1ccccc1Nc1nc(NNc2ccc3[nH]ncc3c2)c2ccccc2n1. The van der Waals surface area contributed by atoms with Crippen LogP contribution in [0.3, 0.4) is 0 Å². The van der Waals surface area contributed by atoms with Gasteiger partial charge in [-0.15, -0.1) is 0 Å². The number of hydrazine groups is 1. The van der Waals surface area contributed by atoms with Gasteiger partial charge in [0.05, 0.1) is 35.7 Å². The molecule has 0 unspecified atom stereocenters. The lowest BCUT2D eigenvalue weighted by Crippen LogP contribution is -2.12. The fraction of sp³-hybridized carbons (Fsp3) is 0.0455. The minimum Gasteiger partial charge on any atom is -0.495 e. The molecule has 0 saturated heterocycles. The van der Waals surface area contributed by atoms with E-state index in [4.69, 9.17) is 4.74 Å². The molecule has 5 aromatic rings. The van der Waals surface area contributed by atoms with Gasteiger partial charge < -0.3 is 10.1 Å². The van der Waals surface area contributed by atoms with Crippen LogP contribution in [0.1, 0.15) is 0 Å². The Hall–Kier alpha value is -4.33. The van der Waals surface area contributed by atoms with Gasteiger partial charge >= 0.3 is 0 Å². The fourth-order valence-corrected chi connectivity index (χ4v) is 3.25. The van der Waals surface area contributed by atoms with Crippen LogP contribution in [0, 0.1) is 0 Å². The van der Waals surface area contributed by atoms with Crippen molar-refractivity contribution in [2.24, 2.45) is 0 Å². The first-order chi connectivity index (χ1) is 14.8. The van der Waals surface area contributed by atoms with E-state index in [-0.39, 0.29) is 0 Å². The molecule has 0 fully saturated rings. The number of anilines is 4. The molecule has 0 aliphatic heterocycles. The molecule has 8 nitrogen and oxygen atoms in total. The smallest absolute Gasteiger partial charge is 0.229 e. The van der Waals surface area contributed by atoms with Crippen LogP contribution in [0.15, 0.2) is 72.9 Å². The number of fused-ring (bicyclic) bond motifs is 2. The zero-order chi connectivity index (χ0) is 20.3. The number of methoxy groups -OCH3 is 1. The van der Waals surface area contributed by atoms with Crippen molar-refractivity contribution < 1.29 is 4.74 Å². The van der Waals surface area contributed by atoms with E-state index in [2.05, 4.69) is 36.3 Å². The van der Waals surface area contributed by atoms with Crippen molar-refractivity contribution in [2.45, 2.75) is 0 Å². The quantitative estimate of drug-likeness (QED) is 0.308. The van der Waals surface area contributed by atoms with Crippen molar-refractivity contribution in [3.63, 3.8) is 0 Å². The standard InChI is InChI=1S/C22H19N7O/c1-30-20-9-5-4-8-19(20)25-22-24-18-7-3-2-6-16(18)21(26-22)29-27-15-10-11-17-14(12-15)13-23-28-17/h2-13,27H,1H3,(H,23,28)(H2,24,25,26,29). The first kappa shape index (κ1) is 17.7. The Balaban J connectivity index is 1.47. The Morgan fingerprint density at radius 2 is 1.77 bits per heavy atom. The van der Waals surface area contributed by atoms with Crippen LogP contribution in [-0.2, 0) is 0 Å². The highest BCUT2D eigenvalue weighted by Crippen LogP contribution is 2.28. The molecule has 0 spiro atoms. The summed E-state index contributed by atoms with van der Waals surface area (Å²) in [6.45, 7) is 0. The van der Waals surface area contributed by atoms with Gasteiger partial charge in [0, 0.05) is 10.8 Å². The van der Waals surface area contributed by atoms with E-state index >= 15 is 0 Å². The van der Waals surface area contributed by atoms with Gasteiger partial charge in [-0.1, -0.05) is 24.3 Å². The van der Waals surface area contributed by atoms with Crippen molar-refractivity contribution in [1.82, 2.24) is 20.2 Å². The normalized spacial score (nSPS) is 10.8. The Morgan fingerprint density at radius 3 is 2.70 bits per heavy atom. The van der Waals surface area contributed by atoms with Crippen LogP contribution in [0.2, 0.25) is 0 Å². The molecule has 0 bridgehead atoms. The molecule has 0 aliphatic carbocycles. The van der Waals surface area contributed by atoms with E-state index in [1.54, 1.807) is 13.3 Å². The van der Waals surface area contributed by atoms with E-state index in [0.29, 0.717) is 11.8 Å². The molecule has 3 aromatic carbocycles. The summed E-state index contributed by atoms with van der Waals surface area (Å²) in [6.07, 6.45) is 1.79. The van der Waals surface area contributed by atoms with Crippen molar-refractivity contribution in [2.75, 3.05) is 23.3 Å². The van der Waals surface area contributed by atoms with E-state index in [1.807, 2.05) is 66.7 Å². The fourth-order valence-electron chi connectivity index (χ4n) is 3.25. The number of nitrogens with one attached hydrogen (secondary N) is 4. The van der Waals surface area contributed by atoms with Crippen LogP contribution < -0.4 is 20.9 Å². The highest BCUT2D eigenvalue weighted by molar-refractivity contribution is 5.91. The summed E-state index contributed by atoms with van der Waals surface area (Å²) in [5.74, 6) is 1.84. The molecule has 30 heavy (non-hydrogen) atoms. The molecule has 2 aromatic heterocycles. The van der Waals surface area contributed by atoms with Gasteiger partial charge in [0.25, 0.3) is 0 Å². The van der Waals surface area contributed by atoms with Crippen molar-refractivity contribution >= 4 is 44.9 Å². The minimum atomic E-state index is 0.466. The lowest BCUT2D eigenvalue weighted by molar-refractivity contribution is 0.417. The highest BCUT2D eigenvalue weighted by Gasteiger charge is 2.10. The van der Waals surface area contributed by atoms with Crippen molar-refractivity contribution in [3.8, 4) is 5.75 Å². The lowest BCUT2D eigenvalue weighted by atomic mass is 10.2. The molecule has 5 rings (SSSR count). The summed E-state index contributed by atoms with van der Waals surface area (Å²) in [5.41, 5.74) is 9.91. The maximum absolute atomic E-state index is 5.42. The molecule has 0 amide bonds. The monoisotopic (exact) mass is 397 g/mol. The van der Waals surface area contributed by atoms with Gasteiger partial charge in [-0.25, -0.2) is 4.98 Å². The van der Waals surface area contributed by atoms with Gasteiger partial charge in [0.2, 0.25) is 5.95 Å². The third-order valence-corrected chi connectivity index (χ3v) is 4.72. The number of aromatic amines is 1. The second-order valence-corrected chi connectivity index (χ2v) is 6.66. The number of nitrogens with zero attached hydrogens (tertiary/aromatic N) is 3. The van der Waals surface area contributed by atoms with Gasteiger partial charge in [0.1, 0.15) is 5.75 Å². The molecule has 2 heterocycles. The van der Waals surface area contributed by atoms with Crippen molar-refractivity contribution in [3.05, 3.63) is 72.9 Å². The summed E-state index contributed by atoms with van der Waals surface area (Å²) in [4.78, 5) is 9.31. The lowest BCUT2D eigenvalue weighted by Gasteiger charge is -2.14. The van der Waals surface area contributed by atoms with Crippen LogP contribution >= 0.6 is 0 Å². The molecule has 0 radical (unpaired) electrons. The third kappa shape index (κ3) is 3.42. The second kappa shape index (κ2) is 7.59. The summed E-state index contributed by atoms with van der Waals surface area (Å²) in [6, 6.07) is 21.4. The average molecular weight is 397 g/mol. The van der Waals surface area contributed by atoms with Crippen LogP contribution in [0.25, 0.3) is 21.8 Å². The number of ether oxygens (including phenoxy) is 1. The molecule has 0 aliphatic rings. The zero-order valence-corrected chi connectivity index (χ0v) is 16.2. The molecule has 148 valence electrons.